The molecule has 1 unspecified atom stereocenters. The van der Waals surface area contributed by atoms with Crippen molar-refractivity contribution >= 4 is 11.9 Å². The topological polar surface area (TPSA) is 55.4 Å². The number of fused-ring (bicyclic) bond motifs is 1. The van der Waals surface area contributed by atoms with E-state index in [2.05, 4.69) is 5.32 Å². The van der Waals surface area contributed by atoms with Gasteiger partial charge in [-0.25, -0.2) is 4.79 Å². The lowest BCUT2D eigenvalue weighted by atomic mass is 9.98. The number of esters is 1. The van der Waals surface area contributed by atoms with E-state index in [1.165, 1.54) is 12.8 Å². The molecule has 0 saturated heterocycles. The Morgan fingerprint density at radius 1 is 1.10 bits per heavy atom. The van der Waals surface area contributed by atoms with Crippen molar-refractivity contribution in [3.05, 3.63) is 35.4 Å². The zero-order valence-corrected chi connectivity index (χ0v) is 12.1. The minimum absolute atomic E-state index is 0.148. The van der Waals surface area contributed by atoms with E-state index in [0.717, 1.165) is 31.2 Å². The molecule has 1 amide bonds. The summed E-state index contributed by atoms with van der Waals surface area (Å²) in [7, 11) is 0. The van der Waals surface area contributed by atoms with E-state index in [9.17, 15) is 9.59 Å². The molecule has 1 aromatic rings. The molecule has 0 spiro atoms. The van der Waals surface area contributed by atoms with Crippen LogP contribution in [0.3, 0.4) is 0 Å². The smallest absolute Gasteiger partial charge is 0.339 e. The fourth-order valence-electron chi connectivity index (χ4n) is 3.20. The average molecular weight is 287 g/mol. The van der Waals surface area contributed by atoms with Crippen LogP contribution in [0.15, 0.2) is 24.3 Å². The van der Waals surface area contributed by atoms with Crippen LogP contribution in [0.1, 0.15) is 54.4 Å². The number of ether oxygens (including phenoxy) is 1. The van der Waals surface area contributed by atoms with Crippen molar-refractivity contribution in [1.29, 1.82) is 0 Å². The molecule has 1 aliphatic heterocycles. The van der Waals surface area contributed by atoms with Gasteiger partial charge in [-0.3, -0.25) is 4.79 Å². The second kappa shape index (κ2) is 6.29. The highest BCUT2D eigenvalue weighted by molar-refractivity contribution is 5.95. The van der Waals surface area contributed by atoms with Gasteiger partial charge in [0.1, 0.15) is 0 Å². The normalized spacial score (nSPS) is 22.9. The lowest BCUT2D eigenvalue weighted by Crippen LogP contribution is -2.45. The lowest BCUT2D eigenvalue weighted by Gasteiger charge is -2.26. The summed E-state index contributed by atoms with van der Waals surface area (Å²) in [6.45, 7) is 0. The van der Waals surface area contributed by atoms with Gasteiger partial charge in [-0.15, -0.1) is 0 Å². The SMILES string of the molecule is O=C1OC(C(=O)NC2CCCCCC2)Cc2ccccc21. The molecule has 3 rings (SSSR count). The average Bonchev–Trinajstić information content (AvgIpc) is 2.76. The van der Waals surface area contributed by atoms with Crippen molar-refractivity contribution in [2.75, 3.05) is 0 Å². The fraction of sp³-hybridized carbons (Fsp3) is 0.529. The Morgan fingerprint density at radius 3 is 2.57 bits per heavy atom. The second-order valence-electron chi connectivity index (χ2n) is 5.95. The van der Waals surface area contributed by atoms with E-state index < -0.39 is 12.1 Å². The minimum atomic E-state index is -0.685. The quantitative estimate of drug-likeness (QED) is 0.672. The maximum atomic E-state index is 12.3. The van der Waals surface area contributed by atoms with Crippen molar-refractivity contribution in [2.45, 2.75) is 57.1 Å². The Kier molecular flexibility index (Phi) is 4.23. The first-order valence-corrected chi connectivity index (χ1v) is 7.83. The number of carbonyl (C=O) groups excluding carboxylic acids is 2. The van der Waals surface area contributed by atoms with E-state index in [-0.39, 0.29) is 11.9 Å². The zero-order valence-electron chi connectivity index (χ0n) is 12.1. The summed E-state index contributed by atoms with van der Waals surface area (Å²) in [6.07, 6.45) is 6.68. The van der Waals surface area contributed by atoms with Crippen LogP contribution < -0.4 is 5.32 Å². The second-order valence-corrected chi connectivity index (χ2v) is 5.95. The Labute approximate surface area is 124 Å². The molecule has 1 aromatic carbocycles. The molecule has 0 aromatic heterocycles. The van der Waals surface area contributed by atoms with Crippen molar-refractivity contribution in [1.82, 2.24) is 5.32 Å². The Hall–Kier alpha value is -1.84. The first-order valence-electron chi connectivity index (χ1n) is 7.83. The van der Waals surface area contributed by atoms with Gasteiger partial charge in [0.25, 0.3) is 5.91 Å². The molecule has 1 saturated carbocycles. The monoisotopic (exact) mass is 287 g/mol. The molecular formula is C17H21NO3. The molecule has 0 bridgehead atoms. The Bertz CT molecular complexity index is 533. The van der Waals surface area contributed by atoms with Gasteiger partial charge in [0.05, 0.1) is 5.56 Å². The number of hydrogen-bond acceptors (Lipinski definition) is 3. The highest BCUT2D eigenvalue weighted by atomic mass is 16.5. The van der Waals surface area contributed by atoms with Gasteiger partial charge in [-0.05, 0) is 24.5 Å². The minimum Gasteiger partial charge on any atom is -0.448 e. The molecule has 1 aliphatic carbocycles. The number of hydrogen-bond donors (Lipinski definition) is 1. The maximum absolute atomic E-state index is 12.3. The van der Waals surface area contributed by atoms with Crippen LogP contribution in [0.25, 0.3) is 0 Å². The largest absolute Gasteiger partial charge is 0.448 e. The third-order valence-corrected chi connectivity index (χ3v) is 4.39. The van der Waals surface area contributed by atoms with E-state index >= 15 is 0 Å². The summed E-state index contributed by atoms with van der Waals surface area (Å²) >= 11 is 0. The Balaban J connectivity index is 1.65. The number of nitrogens with one attached hydrogen (secondary N) is 1. The summed E-state index contributed by atoms with van der Waals surface area (Å²) < 4.78 is 5.30. The molecule has 2 aliphatic rings. The summed E-state index contributed by atoms with van der Waals surface area (Å²) in [5, 5.41) is 3.06. The van der Waals surface area contributed by atoms with Crippen LogP contribution in [0, 0.1) is 0 Å². The highest BCUT2D eigenvalue weighted by Crippen LogP contribution is 2.22. The third-order valence-electron chi connectivity index (χ3n) is 4.39. The fourth-order valence-corrected chi connectivity index (χ4v) is 3.20. The molecule has 1 heterocycles. The van der Waals surface area contributed by atoms with Gasteiger partial charge in [-0.2, -0.15) is 0 Å². The van der Waals surface area contributed by atoms with Crippen molar-refractivity contribution in [3.63, 3.8) is 0 Å². The molecule has 1 atom stereocenters. The molecular weight excluding hydrogens is 266 g/mol. The predicted octanol–water partition coefficient (Wildman–Crippen LogP) is 2.61. The Morgan fingerprint density at radius 2 is 1.81 bits per heavy atom. The molecule has 1 fully saturated rings. The number of amides is 1. The van der Waals surface area contributed by atoms with Gasteiger partial charge in [0, 0.05) is 12.5 Å². The number of cyclic esters (lactones) is 1. The number of carbonyl (C=O) groups is 2. The first-order chi connectivity index (χ1) is 10.2. The number of benzene rings is 1. The van der Waals surface area contributed by atoms with Gasteiger partial charge in [0.15, 0.2) is 6.10 Å². The third kappa shape index (κ3) is 3.26. The van der Waals surface area contributed by atoms with Gasteiger partial charge < -0.3 is 10.1 Å². The molecule has 1 N–H and O–H groups in total. The molecule has 0 radical (unpaired) electrons. The molecule has 112 valence electrons. The summed E-state index contributed by atoms with van der Waals surface area (Å²) in [6, 6.07) is 7.57. The van der Waals surface area contributed by atoms with E-state index in [4.69, 9.17) is 4.74 Å². The van der Waals surface area contributed by atoms with Crippen molar-refractivity contribution in [2.24, 2.45) is 0 Å². The van der Waals surface area contributed by atoms with Crippen LogP contribution in [0.5, 0.6) is 0 Å². The van der Waals surface area contributed by atoms with E-state index in [1.54, 1.807) is 6.07 Å². The van der Waals surface area contributed by atoms with Gasteiger partial charge >= 0.3 is 5.97 Å². The molecule has 21 heavy (non-hydrogen) atoms. The lowest BCUT2D eigenvalue weighted by molar-refractivity contribution is -0.131. The van der Waals surface area contributed by atoms with Crippen LogP contribution >= 0.6 is 0 Å². The summed E-state index contributed by atoms with van der Waals surface area (Å²) in [4.78, 5) is 24.3. The summed E-state index contributed by atoms with van der Waals surface area (Å²) in [5.41, 5.74) is 1.48. The van der Waals surface area contributed by atoms with Crippen LogP contribution in [-0.2, 0) is 16.0 Å². The van der Waals surface area contributed by atoms with Crippen LogP contribution in [0.2, 0.25) is 0 Å². The maximum Gasteiger partial charge on any atom is 0.339 e. The summed E-state index contributed by atoms with van der Waals surface area (Å²) in [5.74, 6) is -0.539. The van der Waals surface area contributed by atoms with Gasteiger partial charge in [-0.1, -0.05) is 43.9 Å². The molecule has 4 nitrogen and oxygen atoms in total. The van der Waals surface area contributed by atoms with Crippen molar-refractivity contribution < 1.29 is 14.3 Å². The van der Waals surface area contributed by atoms with E-state index in [1.807, 2.05) is 18.2 Å². The first kappa shape index (κ1) is 14.1. The zero-order chi connectivity index (χ0) is 14.7. The predicted molar refractivity (Wildman–Crippen MR) is 79.0 cm³/mol. The van der Waals surface area contributed by atoms with Crippen LogP contribution in [0.4, 0.5) is 0 Å². The van der Waals surface area contributed by atoms with Crippen molar-refractivity contribution in [3.8, 4) is 0 Å². The van der Waals surface area contributed by atoms with Crippen LogP contribution in [-0.4, -0.2) is 24.0 Å². The standard InChI is InChI=1S/C17H21NO3/c19-16(18-13-8-3-1-2-4-9-13)15-11-12-7-5-6-10-14(12)17(20)21-15/h5-7,10,13,15H,1-4,8-9,11H2,(H,18,19). The van der Waals surface area contributed by atoms with E-state index in [0.29, 0.717) is 12.0 Å². The number of rotatable bonds is 2. The highest BCUT2D eigenvalue weighted by Gasteiger charge is 2.31. The molecule has 4 heteroatoms. The van der Waals surface area contributed by atoms with Gasteiger partial charge in [0.2, 0.25) is 0 Å².